The highest BCUT2D eigenvalue weighted by Gasteiger charge is 2.19. The summed E-state index contributed by atoms with van der Waals surface area (Å²) in [5.74, 6) is 0.602. The highest BCUT2D eigenvalue weighted by Crippen LogP contribution is 2.30. The van der Waals surface area contributed by atoms with E-state index in [1.54, 1.807) is 13.2 Å². The van der Waals surface area contributed by atoms with E-state index in [9.17, 15) is 14.9 Å². The molecule has 25 heavy (non-hydrogen) atoms. The van der Waals surface area contributed by atoms with E-state index in [0.29, 0.717) is 5.01 Å². The van der Waals surface area contributed by atoms with Crippen molar-refractivity contribution in [2.24, 2.45) is 0 Å². The van der Waals surface area contributed by atoms with Crippen LogP contribution in [0.1, 0.15) is 15.4 Å². The second kappa shape index (κ2) is 6.86. The normalized spacial score (nSPS) is 10.6. The number of carbonyl (C=O) groups excluding carboxylic acids is 1. The van der Waals surface area contributed by atoms with Gasteiger partial charge in [-0.1, -0.05) is 0 Å². The van der Waals surface area contributed by atoms with Crippen LogP contribution in [-0.2, 0) is 6.42 Å². The molecule has 0 fully saturated rings. The molecule has 1 aromatic heterocycles. The topological polar surface area (TPSA) is 91.6 Å². The number of hydrogen-bond donors (Lipinski definition) is 0. The Morgan fingerprint density at radius 1 is 1.20 bits per heavy atom. The van der Waals surface area contributed by atoms with Gasteiger partial charge in [-0.15, -0.1) is 11.3 Å². The first-order valence-corrected chi connectivity index (χ1v) is 8.12. The van der Waals surface area contributed by atoms with Gasteiger partial charge in [0.15, 0.2) is 11.5 Å². The Bertz CT molecular complexity index is 967. The minimum Gasteiger partial charge on any atom is -0.497 e. The van der Waals surface area contributed by atoms with E-state index in [0.717, 1.165) is 16.0 Å². The van der Waals surface area contributed by atoms with Crippen molar-refractivity contribution in [3.8, 4) is 11.5 Å². The minimum absolute atomic E-state index is 0.0745. The van der Waals surface area contributed by atoms with E-state index >= 15 is 0 Å². The van der Waals surface area contributed by atoms with Crippen LogP contribution in [0, 0.1) is 10.1 Å². The van der Waals surface area contributed by atoms with Gasteiger partial charge < -0.3 is 9.47 Å². The van der Waals surface area contributed by atoms with Gasteiger partial charge in [0, 0.05) is 11.6 Å². The van der Waals surface area contributed by atoms with E-state index in [4.69, 9.17) is 9.47 Å². The fraction of sp³-hybridized carbons (Fsp3) is 0.176. The zero-order valence-corrected chi connectivity index (χ0v) is 14.3. The molecule has 3 aromatic rings. The van der Waals surface area contributed by atoms with Crippen molar-refractivity contribution in [2.75, 3.05) is 14.2 Å². The quantitative estimate of drug-likeness (QED) is 0.379. The molecule has 7 nitrogen and oxygen atoms in total. The molecule has 0 aliphatic rings. The molecule has 0 bridgehead atoms. The molecule has 2 aromatic carbocycles. The Morgan fingerprint density at radius 2 is 2.00 bits per heavy atom. The van der Waals surface area contributed by atoms with Crippen molar-refractivity contribution < 1.29 is 19.2 Å². The minimum atomic E-state index is -0.570. The second-order valence-electron chi connectivity index (χ2n) is 5.18. The van der Waals surface area contributed by atoms with E-state index < -0.39 is 4.92 Å². The molecule has 0 saturated carbocycles. The van der Waals surface area contributed by atoms with E-state index in [1.165, 1.54) is 36.6 Å². The fourth-order valence-electron chi connectivity index (χ4n) is 2.40. The first kappa shape index (κ1) is 16.8. The highest BCUT2D eigenvalue weighted by atomic mass is 32.1. The van der Waals surface area contributed by atoms with Gasteiger partial charge in [0.1, 0.15) is 10.8 Å². The molecule has 3 rings (SSSR count). The lowest BCUT2D eigenvalue weighted by atomic mass is 10.1. The number of carbonyl (C=O) groups is 1. The van der Waals surface area contributed by atoms with Crippen LogP contribution in [0.2, 0.25) is 0 Å². The number of ether oxygens (including phenoxy) is 2. The summed E-state index contributed by atoms with van der Waals surface area (Å²) < 4.78 is 11.0. The predicted octanol–water partition coefficient (Wildman–Crippen LogP) is 3.65. The van der Waals surface area contributed by atoms with Crippen LogP contribution in [0.4, 0.5) is 5.69 Å². The number of fused-ring (bicyclic) bond motifs is 1. The van der Waals surface area contributed by atoms with Gasteiger partial charge in [0.05, 0.1) is 35.8 Å². The number of nitrogens with zero attached hydrogens (tertiary/aromatic N) is 2. The number of methoxy groups -OCH3 is 2. The first-order valence-electron chi connectivity index (χ1n) is 7.31. The first-order chi connectivity index (χ1) is 12.0. The lowest BCUT2D eigenvalue weighted by molar-refractivity contribution is -0.385. The van der Waals surface area contributed by atoms with Crippen LogP contribution in [0.15, 0.2) is 36.4 Å². The summed E-state index contributed by atoms with van der Waals surface area (Å²) in [6.07, 6.45) is 0.0745. The van der Waals surface area contributed by atoms with Crippen LogP contribution in [0.25, 0.3) is 10.2 Å². The molecule has 0 radical (unpaired) electrons. The van der Waals surface area contributed by atoms with Crippen LogP contribution in [-0.4, -0.2) is 29.9 Å². The summed E-state index contributed by atoms with van der Waals surface area (Å²) in [7, 11) is 2.93. The summed E-state index contributed by atoms with van der Waals surface area (Å²) >= 11 is 1.40. The van der Waals surface area contributed by atoms with Gasteiger partial charge in [-0.05, 0) is 30.3 Å². The van der Waals surface area contributed by atoms with Gasteiger partial charge in [0.2, 0.25) is 0 Å². The maximum Gasteiger partial charge on any atom is 0.311 e. The number of benzene rings is 2. The van der Waals surface area contributed by atoms with Crippen LogP contribution in [0.3, 0.4) is 0 Å². The number of nitro groups is 1. The summed E-state index contributed by atoms with van der Waals surface area (Å²) in [4.78, 5) is 27.4. The molecule has 0 N–H and O–H groups in total. The average molecular weight is 358 g/mol. The molecule has 0 saturated heterocycles. The lowest BCUT2D eigenvalue weighted by Gasteiger charge is -2.03. The monoisotopic (exact) mass is 358 g/mol. The standard InChI is InChI=1S/C17H14N2O5S/c1-23-11-4-5-12-16(8-11)25-17(18-12)9-14(20)10-3-6-15(24-2)13(7-10)19(21)22/h3-8H,9H2,1-2H3. The van der Waals surface area contributed by atoms with Crippen molar-refractivity contribution in [1.29, 1.82) is 0 Å². The van der Waals surface area contributed by atoms with Crippen LogP contribution >= 0.6 is 11.3 Å². The van der Waals surface area contributed by atoms with Crippen molar-refractivity contribution in [1.82, 2.24) is 4.98 Å². The van der Waals surface area contributed by atoms with E-state index in [-0.39, 0.29) is 29.2 Å². The molecule has 0 spiro atoms. The molecule has 128 valence electrons. The maximum atomic E-state index is 12.5. The summed E-state index contributed by atoms with van der Waals surface area (Å²) in [6.45, 7) is 0. The summed E-state index contributed by atoms with van der Waals surface area (Å²) in [5.41, 5.74) is 0.807. The molecule has 0 aliphatic heterocycles. The molecule has 0 unspecified atom stereocenters. The number of rotatable bonds is 6. The highest BCUT2D eigenvalue weighted by molar-refractivity contribution is 7.18. The van der Waals surface area contributed by atoms with Gasteiger partial charge in [0.25, 0.3) is 0 Å². The molecule has 0 aliphatic carbocycles. The molecular formula is C17H14N2O5S. The number of Topliss-reactive ketones (excluding diaryl/α,β-unsaturated/α-hetero) is 1. The molecule has 1 heterocycles. The third-order valence-corrected chi connectivity index (χ3v) is 4.67. The molecular weight excluding hydrogens is 344 g/mol. The van der Waals surface area contributed by atoms with Gasteiger partial charge in [-0.3, -0.25) is 14.9 Å². The number of hydrogen-bond acceptors (Lipinski definition) is 7. The van der Waals surface area contributed by atoms with Gasteiger partial charge in [-0.25, -0.2) is 4.98 Å². The number of ketones is 1. The Morgan fingerprint density at radius 3 is 2.68 bits per heavy atom. The number of aromatic nitrogens is 1. The average Bonchev–Trinajstić information content (AvgIpc) is 3.02. The molecule has 8 heteroatoms. The number of thiazole rings is 1. The van der Waals surface area contributed by atoms with Crippen LogP contribution in [0.5, 0.6) is 11.5 Å². The Balaban J connectivity index is 1.87. The molecule has 0 amide bonds. The fourth-order valence-corrected chi connectivity index (χ4v) is 3.40. The third kappa shape index (κ3) is 3.43. The van der Waals surface area contributed by atoms with Crippen molar-refractivity contribution in [2.45, 2.75) is 6.42 Å². The van der Waals surface area contributed by atoms with Gasteiger partial charge in [-0.2, -0.15) is 0 Å². The van der Waals surface area contributed by atoms with Crippen molar-refractivity contribution in [3.05, 3.63) is 57.1 Å². The van der Waals surface area contributed by atoms with Crippen LogP contribution < -0.4 is 9.47 Å². The van der Waals surface area contributed by atoms with Crippen molar-refractivity contribution >= 4 is 33.0 Å². The lowest BCUT2D eigenvalue weighted by Crippen LogP contribution is -2.04. The molecule has 0 atom stereocenters. The van der Waals surface area contributed by atoms with E-state index in [2.05, 4.69) is 4.98 Å². The van der Waals surface area contributed by atoms with E-state index in [1.807, 2.05) is 12.1 Å². The summed E-state index contributed by atoms with van der Waals surface area (Å²) in [5, 5.41) is 11.7. The van der Waals surface area contributed by atoms with Gasteiger partial charge >= 0.3 is 5.69 Å². The number of nitro benzene ring substituents is 1. The van der Waals surface area contributed by atoms with Crippen molar-refractivity contribution in [3.63, 3.8) is 0 Å². The second-order valence-corrected chi connectivity index (χ2v) is 6.30. The maximum absolute atomic E-state index is 12.5. The summed E-state index contributed by atoms with van der Waals surface area (Å²) in [6, 6.07) is 9.67. The zero-order valence-electron chi connectivity index (χ0n) is 13.5. The Kier molecular flexibility index (Phi) is 4.62. The predicted molar refractivity (Wildman–Crippen MR) is 93.9 cm³/mol. The SMILES string of the molecule is COc1ccc2nc(CC(=O)c3ccc(OC)c([N+](=O)[O-])c3)sc2c1. The Labute approximate surface area is 147 Å². The smallest absolute Gasteiger partial charge is 0.311 e. The third-order valence-electron chi connectivity index (χ3n) is 3.65. The zero-order chi connectivity index (χ0) is 18.0. The Hall–Kier alpha value is -3.00. The largest absolute Gasteiger partial charge is 0.497 e.